The Balaban J connectivity index is 2.15. The van der Waals surface area contributed by atoms with Crippen LogP contribution in [0.15, 0.2) is 53.4 Å². The van der Waals surface area contributed by atoms with E-state index in [9.17, 15) is 8.42 Å². The summed E-state index contributed by atoms with van der Waals surface area (Å²) in [6.45, 7) is 2.20. The third-order valence-electron chi connectivity index (χ3n) is 3.04. The molecule has 0 atom stereocenters. The minimum atomic E-state index is -3.57. The lowest BCUT2D eigenvalue weighted by molar-refractivity contribution is 0.581. The molecule has 1 N–H and O–H groups in total. The van der Waals surface area contributed by atoms with Crippen molar-refractivity contribution in [1.82, 2.24) is 4.72 Å². The summed E-state index contributed by atoms with van der Waals surface area (Å²) in [5, 5.41) is 8.68. The molecule has 0 heterocycles. The number of nitriles is 1. The maximum atomic E-state index is 12.3. The SMILES string of the molecule is Cc1cccc(CNS(=O)(=O)c2cccc(CC#N)c2)c1. The van der Waals surface area contributed by atoms with Crippen LogP contribution in [0.2, 0.25) is 0 Å². The van der Waals surface area contributed by atoms with Crippen molar-refractivity contribution in [3.05, 3.63) is 65.2 Å². The number of aryl methyl sites for hydroxylation is 1. The number of hydrogen-bond acceptors (Lipinski definition) is 3. The van der Waals surface area contributed by atoms with Crippen LogP contribution >= 0.6 is 0 Å². The molecule has 0 aromatic heterocycles. The van der Waals surface area contributed by atoms with Crippen molar-refractivity contribution in [2.75, 3.05) is 0 Å². The van der Waals surface area contributed by atoms with Gasteiger partial charge in [0, 0.05) is 6.54 Å². The van der Waals surface area contributed by atoms with Gasteiger partial charge in [0.1, 0.15) is 0 Å². The topological polar surface area (TPSA) is 70.0 Å². The summed E-state index contributed by atoms with van der Waals surface area (Å²) in [7, 11) is -3.57. The summed E-state index contributed by atoms with van der Waals surface area (Å²) in [5.41, 5.74) is 2.69. The molecular formula is C16H16N2O2S. The molecule has 0 saturated heterocycles. The van der Waals surface area contributed by atoms with Crippen LogP contribution in [0.4, 0.5) is 0 Å². The van der Waals surface area contributed by atoms with Gasteiger partial charge < -0.3 is 0 Å². The summed E-state index contributed by atoms with van der Waals surface area (Å²) in [4.78, 5) is 0.183. The highest BCUT2D eigenvalue weighted by Gasteiger charge is 2.14. The van der Waals surface area contributed by atoms with Crippen molar-refractivity contribution >= 4 is 10.0 Å². The van der Waals surface area contributed by atoms with Gasteiger partial charge in [-0.3, -0.25) is 0 Å². The van der Waals surface area contributed by atoms with Gasteiger partial charge in [0.15, 0.2) is 0 Å². The summed E-state index contributed by atoms with van der Waals surface area (Å²) < 4.78 is 27.1. The quantitative estimate of drug-likeness (QED) is 0.922. The number of hydrogen-bond donors (Lipinski definition) is 1. The van der Waals surface area contributed by atoms with Gasteiger partial charge in [-0.2, -0.15) is 5.26 Å². The monoisotopic (exact) mass is 300 g/mol. The van der Waals surface area contributed by atoms with Gasteiger partial charge in [0.05, 0.1) is 17.4 Å². The van der Waals surface area contributed by atoms with Crippen LogP contribution in [0.3, 0.4) is 0 Å². The molecule has 0 aliphatic rings. The van der Waals surface area contributed by atoms with Crippen LogP contribution in [-0.2, 0) is 23.0 Å². The van der Waals surface area contributed by atoms with Gasteiger partial charge in [-0.1, -0.05) is 42.0 Å². The van der Waals surface area contributed by atoms with E-state index < -0.39 is 10.0 Å². The van der Waals surface area contributed by atoms with E-state index in [0.29, 0.717) is 5.56 Å². The van der Waals surface area contributed by atoms with E-state index in [-0.39, 0.29) is 17.9 Å². The van der Waals surface area contributed by atoms with Crippen molar-refractivity contribution in [3.63, 3.8) is 0 Å². The lowest BCUT2D eigenvalue weighted by Gasteiger charge is -2.08. The maximum Gasteiger partial charge on any atom is 0.240 e. The molecule has 0 aliphatic heterocycles. The highest BCUT2D eigenvalue weighted by Crippen LogP contribution is 2.13. The fraction of sp³-hybridized carbons (Fsp3) is 0.188. The Morgan fingerprint density at radius 1 is 1.10 bits per heavy atom. The van der Waals surface area contributed by atoms with E-state index in [1.165, 1.54) is 12.1 Å². The highest BCUT2D eigenvalue weighted by molar-refractivity contribution is 7.89. The molecule has 0 unspecified atom stereocenters. The zero-order chi connectivity index (χ0) is 15.3. The first-order chi connectivity index (χ1) is 10.0. The second kappa shape index (κ2) is 6.53. The normalized spacial score (nSPS) is 11.0. The molecule has 0 bridgehead atoms. The number of benzene rings is 2. The van der Waals surface area contributed by atoms with E-state index in [0.717, 1.165) is 11.1 Å². The van der Waals surface area contributed by atoms with Gasteiger partial charge in [-0.15, -0.1) is 0 Å². The molecular weight excluding hydrogens is 284 g/mol. The van der Waals surface area contributed by atoms with E-state index in [2.05, 4.69) is 4.72 Å². The van der Waals surface area contributed by atoms with Crippen LogP contribution in [0.5, 0.6) is 0 Å². The predicted molar refractivity (Wildman–Crippen MR) is 81.0 cm³/mol. The molecule has 0 amide bonds. The fourth-order valence-electron chi connectivity index (χ4n) is 2.00. The fourth-order valence-corrected chi connectivity index (χ4v) is 3.09. The average molecular weight is 300 g/mol. The van der Waals surface area contributed by atoms with Crippen LogP contribution < -0.4 is 4.72 Å². The van der Waals surface area contributed by atoms with Gasteiger partial charge in [-0.25, -0.2) is 13.1 Å². The summed E-state index contributed by atoms with van der Waals surface area (Å²) in [5.74, 6) is 0. The molecule has 2 aromatic rings. The second-order valence-corrected chi connectivity index (χ2v) is 6.56. The van der Waals surface area contributed by atoms with E-state index in [1.54, 1.807) is 12.1 Å². The van der Waals surface area contributed by atoms with Crippen LogP contribution in [0.1, 0.15) is 16.7 Å². The largest absolute Gasteiger partial charge is 0.240 e. The molecule has 0 fully saturated rings. The summed E-state index contributed by atoms with van der Waals surface area (Å²) >= 11 is 0. The zero-order valence-corrected chi connectivity index (χ0v) is 12.5. The number of sulfonamides is 1. The Bertz CT molecular complexity index is 777. The molecule has 5 heteroatoms. The Hall–Kier alpha value is -2.16. The van der Waals surface area contributed by atoms with Crippen LogP contribution in [-0.4, -0.2) is 8.42 Å². The molecule has 0 spiro atoms. The van der Waals surface area contributed by atoms with Gasteiger partial charge in [0.2, 0.25) is 10.0 Å². The first-order valence-corrected chi connectivity index (χ1v) is 8.01. The molecule has 108 valence electrons. The lowest BCUT2D eigenvalue weighted by Crippen LogP contribution is -2.23. The van der Waals surface area contributed by atoms with Gasteiger partial charge in [0.25, 0.3) is 0 Å². The molecule has 4 nitrogen and oxygen atoms in total. The van der Waals surface area contributed by atoms with E-state index >= 15 is 0 Å². The summed E-state index contributed by atoms with van der Waals surface area (Å²) in [6, 6.07) is 16.1. The molecule has 0 radical (unpaired) electrons. The lowest BCUT2D eigenvalue weighted by atomic mass is 10.1. The zero-order valence-electron chi connectivity index (χ0n) is 11.7. The van der Waals surface area contributed by atoms with Crippen LogP contribution in [0.25, 0.3) is 0 Å². The van der Waals surface area contributed by atoms with Crippen molar-refractivity contribution in [3.8, 4) is 6.07 Å². The predicted octanol–water partition coefficient (Wildman–Crippen LogP) is 2.54. The number of rotatable bonds is 5. The third-order valence-corrected chi connectivity index (χ3v) is 4.44. The molecule has 2 rings (SSSR count). The average Bonchev–Trinajstić information content (AvgIpc) is 2.46. The minimum absolute atomic E-state index is 0.183. The Morgan fingerprint density at radius 3 is 2.52 bits per heavy atom. The standard InChI is InChI=1S/C16H16N2O2S/c1-13-4-2-6-15(10-13)12-18-21(19,20)16-7-3-5-14(11-16)8-9-17/h2-7,10-11,18H,8,12H2,1H3. The number of nitrogens with one attached hydrogen (secondary N) is 1. The Kier molecular flexibility index (Phi) is 4.73. The Morgan fingerprint density at radius 2 is 1.81 bits per heavy atom. The first-order valence-electron chi connectivity index (χ1n) is 6.52. The maximum absolute atomic E-state index is 12.3. The van der Waals surface area contributed by atoms with Crippen LogP contribution in [0, 0.1) is 18.3 Å². The molecule has 21 heavy (non-hydrogen) atoms. The molecule has 0 aliphatic carbocycles. The van der Waals surface area contributed by atoms with Crippen molar-refractivity contribution in [2.45, 2.75) is 24.8 Å². The molecule has 2 aromatic carbocycles. The van der Waals surface area contributed by atoms with Crippen molar-refractivity contribution < 1.29 is 8.42 Å². The van der Waals surface area contributed by atoms with Crippen molar-refractivity contribution in [2.24, 2.45) is 0 Å². The third kappa shape index (κ3) is 4.15. The summed E-state index contributed by atoms with van der Waals surface area (Å²) in [6.07, 6.45) is 0.196. The first kappa shape index (κ1) is 15.2. The second-order valence-electron chi connectivity index (χ2n) is 4.80. The molecule has 0 saturated carbocycles. The Labute approximate surface area is 125 Å². The van der Waals surface area contributed by atoms with E-state index in [1.807, 2.05) is 37.3 Å². The van der Waals surface area contributed by atoms with Gasteiger partial charge in [-0.05, 0) is 30.2 Å². The smallest absolute Gasteiger partial charge is 0.207 e. The number of nitrogens with zero attached hydrogens (tertiary/aromatic N) is 1. The van der Waals surface area contributed by atoms with E-state index in [4.69, 9.17) is 5.26 Å². The minimum Gasteiger partial charge on any atom is -0.207 e. The van der Waals surface area contributed by atoms with Gasteiger partial charge >= 0.3 is 0 Å². The highest BCUT2D eigenvalue weighted by atomic mass is 32.2. The van der Waals surface area contributed by atoms with Crippen molar-refractivity contribution in [1.29, 1.82) is 5.26 Å².